The molecule has 1 amide bonds. The average molecular weight is 550 g/mol. The van der Waals surface area contributed by atoms with E-state index in [1.807, 2.05) is 0 Å². The van der Waals surface area contributed by atoms with Crippen molar-refractivity contribution in [1.82, 2.24) is 0 Å². The number of hydrogen-bond donors (Lipinski definition) is 1. The van der Waals surface area contributed by atoms with Crippen molar-refractivity contribution in [2.45, 2.75) is 24.5 Å². The number of carbonyl (C=O) groups is 1. The van der Waals surface area contributed by atoms with Gasteiger partial charge < -0.3 is 5.73 Å². The Labute approximate surface area is 186 Å². The Morgan fingerprint density at radius 3 is 1.61 bits per heavy atom. The maximum absolute atomic E-state index is 13.4. The maximum Gasteiger partial charge on any atom is 0.248 e. The van der Waals surface area contributed by atoms with E-state index < -0.39 is 87.8 Å². The Bertz CT molecular complexity index is 1550. The van der Waals surface area contributed by atoms with E-state index in [2.05, 4.69) is 0 Å². The molecule has 17 heteroatoms. The van der Waals surface area contributed by atoms with Gasteiger partial charge in [-0.25, -0.2) is 46.8 Å². The summed E-state index contributed by atoms with van der Waals surface area (Å²) in [5.41, 5.74) is 4.70. The second-order valence-corrected chi connectivity index (χ2v) is 13.8. The lowest BCUT2D eigenvalue weighted by Gasteiger charge is -2.17. The highest BCUT2D eigenvalue weighted by Gasteiger charge is 2.40. The van der Waals surface area contributed by atoms with E-state index >= 15 is 0 Å². The fraction of sp³-hybridized carbons (Fsp3) is 0.188. The van der Waals surface area contributed by atoms with Gasteiger partial charge in [0.25, 0.3) is 0 Å². The zero-order chi connectivity index (χ0) is 25.4. The minimum Gasteiger partial charge on any atom is -0.366 e. The van der Waals surface area contributed by atoms with E-state index in [9.17, 15) is 51.6 Å². The van der Waals surface area contributed by atoms with Gasteiger partial charge in [-0.3, -0.25) is 4.79 Å². The molecule has 2 N–H and O–H groups in total. The first-order valence-electron chi connectivity index (χ1n) is 8.25. The van der Waals surface area contributed by atoms with E-state index in [1.54, 1.807) is 0 Å². The third-order valence-electron chi connectivity index (χ3n) is 4.15. The smallest absolute Gasteiger partial charge is 0.248 e. The molecular weight excluding hydrogens is 535 g/mol. The second-order valence-electron chi connectivity index (χ2n) is 6.29. The van der Waals surface area contributed by atoms with E-state index in [1.165, 1.54) is 0 Å². The summed E-state index contributed by atoms with van der Waals surface area (Å²) >= 11 is 0. The van der Waals surface area contributed by atoms with Crippen LogP contribution in [0.4, 0.5) is 13.2 Å². The molecule has 10 nitrogen and oxygen atoms in total. The maximum atomic E-state index is 13.4. The van der Waals surface area contributed by atoms with Crippen molar-refractivity contribution in [3.63, 3.8) is 0 Å². The third kappa shape index (κ3) is 4.90. The number of amides is 1. The molecule has 0 radical (unpaired) electrons. The summed E-state index contributed by atoms with van der Waals surface area (Å²) in [5, 5.41) is 0. The van der Waals surface area contributed by atoms with Crippen LogP contribution in [0.5, 0.6) is 0 Å². The molecule has 0 aliphatic carbocycles. The van der Waals surface area contributed by atoms with Crippen molar-refractivity contribution in [2.75, 3.05) is 18.0 Å². The number of sulfone groups is 4. The largest absolute Gasteiger partial charge is 0.366 e. The Balaban J connectivity index is 3.19. The molecule has 0 aliphatic heterocycles. The lowest BCUT2D eigenvalue weighted by molar-refractivity contribution is 0.1000. The van der Waals surface area contributed by atoms with Crippen molar-refractivity contribution < 1.29 is 51.6 Å². The van der Waals surface area contributed by atoms with Gasteiger partial charge in [0.05, 0.1) is 14.7 Å². The molecular formula is C16H14F3NO9S4. The Morgan fingerprint density at radius 1 is 0.697 bits per heavy atom. The Kier molecular flexibility index (Phi) is 7.32. The minimum atomic E-state index is -5.53. The first kappa shape index (κ1) is 26.7. The summed E-state index contributed by atoms with van der Waals surface area (Å²) in [7, 11) is -21.4. The molecule has 0 atom stereocenters. The number of benzene rings is 2. The summed E-state index contributed by atoms with van der Waals surface area (Å²) < 4.78 is 140. The number of hydrogen-bond acceptors (Lipinski definition) is 9. The molecule has 0 unspecified atom stereocenters. The van der Waals surface area contributed by atoms with Crippen LogP contribution in [-0.2, 0) is 39.3 Å². The summed E-state index contributed by atoms with van der Waals surface area (Å²) in [5.74, 6) is -1.09. The molecule has 33 heavy (non-hydrogen) atoms. The lowest BCUT2D eigenvalue weighted by Crippen LogP contribution is -2.21. The van der Waals surface area contributed by atoms with Crippen LogP contribution in [0.2, 0.25) is 0 Å². The van der Waals surface area contributed by atoms with Gasteiger partial charge in [-0.1, -0.05) is 6.07 Å². The molecule has 0 bridgehead atoms. The van der Waals surface area contributed by atoms with Gasteiger partial charge in [-0.2, -0.15) is 0 Å². The number of rotatable bonds is 9. The lowest BCUT2D eigenvalue weighted by atomic mass is 10.2. The molecule has 0 heterocycles. The normalized spacial score (nSPS) is 13.1. The summed E-state index contributed by atoms with van der Waals surface area (Å²) in [6.45, 7) is 0. The first-order chi connectivity index (χ1) is 15.1. The predicted octanol–water partition coefficient (Wildman–Crippen LogP) is 0.720. The third-order valence-corrected chi connectivity index (χ3v) is 10.3. The first-order valence-corrected chi connectivity index (χ1v) is 14.7. The van der Waals surface area contributed by atoms with Crippen LogP contribution >= 0.6 is 0 Å². The average Bonchev–Trinajstić information content (AvgIpc) is 2.77. The molecule has 0 saturated carbocycles. The Morgan fingerprint density at radius 2 is 1.15 bits per heavy atom. The highest BCUT2D eigenvalue weighted by molar-refractivity contribution is 7.97. The summed E-state index contributed by atoms with van der Waals surface area (Å²) in [4.78, 5) is 3.73. The molecule has 0 aromatic heterocycles. The van der Waals surface area contributed by atoms with Crippen molar-refractivity contribution in [1.29, 1.82) is 0 Å². The fourth-order valence-electron chi connectivity index (χ4n) is 2.68. The van der Waals surface area contributed by atoms with Crippen LogP contribution in [0.15, 0.2) is 60.9 Å². The number of nitrogens with two attached hydrogens (primary N) is 1. The van der Waals surface area contributed by atoms with E-state index in [-0.39, 0.29) is 11.6 Å². The minimum absolute atomic E-state index is 0.250. The van der Waals surface area contributed by atoms with Gasteiger partial charge in [0, 0.05) is 5.56 Å². The molecule has 0 spiro atoms. The summed E-state index contributed by atoms with van der Waals surface area (Å²) in [6.07, 6.45) is 0. The van der Waals surface area contributed by atoms with Crippen molar-refractivity contribution in [3.05, 3.63) is 42.0 Å². The van der Waals surface area contributed by atoms with Gasteiger partial charge in [0.15, 0.2) is 18.0 Å². The number of alkyl halides is 3. The molecule has 0 saturated heterocycles. The number of primary amides is 1. The number of halogens is 3. The molecule has 2 aromatic carbocycles. The van der Waals surface area contributed by atoms with Crippen LogP contribution in [-0.4, -0.2) is 57.6 Å². The van der Waals surface area contributed by atoms with Gasteiger partial charge >= 0.3 is 0 Å². The van der Waals surface area contributed by atoms with Crippen LogP contribution < -0.4 is 5.73 Å². The van der Waals surface area contributed by atoms with Crippen LogP contribution in [0, 0.1) is 0 Å². The number of carbonyl (C=O) groups excluding carboxylic acids is 1. The van der Waals surface area contributed by atoms with Crippen molar-refractivity contribution >= 4 is 45.3 Å². The van der Waals surface area contributed by atoms with Gasteiger partial charge in [-0.05, 0) is 30.3 Å². The van der Waals surface area contributed by atoms with Crippen LogP contribution in [0.1, 0.15) is 10.4 Å². The highest BCUT2D eigenvalue weighted by atomic mass is 32.2. The molecule has 2 rings (SSSR count). The van der Waals surface area contributed by atoms with Crippen LogP contribution in [0.25, 0.3) is 0 Å². The highest BCUT2D eigenvalue weighted by Crippen LogP contribution is 2.38. The van der Waals surface area contributed by atoms with Crippen LogP contribution in [0.3, 0.4) is 0 Å². The molecule has 0 aliphatic rings. The van der Waals surface area contributed by atoms with Gasteiger partial charge in [0.1, 0.15) is 9.79 Å². The quantitative estimate of drug-likeness (QED) is 0.471. The zero-order valence-electron chi connectivity index (χ0n) is 16.1. The van der Waals surface area contributed by atoms with Crippen molar-refractivity contribution in [2.24, 2.45) is 5.73 Å². The van der Waals surface area contributed by atoms with Crippen molar-refractivity contribution in [3.8, 4) is 0 Å². The predicted molar refractivity (Wildman–Crippen MR) is 106 cm³/mol. The molecule has 2 aromatic rings. The molecule has 182 valence electrons. The topological polar surface area (TPSA) is 180 Å². The Hall–Kier alpha value is -2.50. The second kappa shape index (κ2) is 9.03. The SMILES string of the molecule is NC(=O)c1cccc(S(=O)(=O)c2ccc(S(=O)(=O)CF)c(S(=O)(=O)CF)c2S(=O)(=O)CF)c1. The monoisotopic (exact) mass is 549 g/mol. The summed E-state index contributed by atoms with van der Waals surface area (Å²) in [6, 6.07) is -2.88. The van der Waals surface area contributed by atoms with E-state index in [4.69, 9.17) is 5.73 Å². The zero-order valence-corrected chi connectivity index (χ0v) is 19.4. The fourth-order valence-corrected chi connectivity index (χ4v) is 8.96. The van der Waals surface area contributed by atoms with E-state index in [0.717, 1.165) is 18.2 Å². The standard InChI is InChI=1S/C16H14F3NO9S4/c17-7-30(22,23)12-4-5-13(15(32(26,27)9-19)14(12)31(24,25)8-18)33(28,29)11-3-1-2-10(6-11)16(20)21/h1-6H,7-9H2,(H2,20,21). The van der Waals surface area contributed by atoms with Gasteiger partial charge in [-0.15, -0.1) is 0 Å². The van der Waals surface area contributed by atoms with Gasteiger partial charge in [0.2, 0.25) is 45.3 Å². The molecule has 0 fully saturated rings. The van der Waals surface area contributed by atoms with E-state index in [0.29, 0.717) is 12.1 Å².